The second kappa shape index (κ2) is 10.0. The van der Waals surface area contributed by atoms with E-state index in [1.165, 1.54) is 7.11 Å². The fraction of sp³-hybridized carbons (Fsp3) is 0.333. The third-order valence-electron chi connectivity index (χ3n) is 6.50. The molecule has 0 spiro atoms. The summed E-state index contributed by atoms with van der Waals surface area (Å²) in [7, 11) is 2.92. The molecule has 2 aromatic rings. The number of carbonyl (C=O) groups is 2. The number of methoxy groups -OCH3 is 2. The number of rotatable bonds is 6. The lowest BCUT2D eigenvalue weighted by molar-refractivity contribution is -0.136. The maximum absolute atomic E-state index is 13.6. The van der Waals surface area contributed by atoms with E-state index in [4.69, 9.17) is 25.8 Å². The van der Waals surface area contributed by atoms with Gasteiger partial charge in [-0.15, -0.1) is 0 Å². The van der Waals surface area contributed by atoms with E-state index in [1.807, 2.05) is 24.3 Å². The second-order valence-corrected chi connectivity index (χ2v) is 8.97. The first-order chi connectivity index (χ1) is 16.8. The lowest BCUT2D eigenvalue weighted by Crippen LogP contribution is -2.36. The summed E-state index contributed by atoms with van der Waals surface area (Å²) < 4.78 is 15.9. The molecular formula is C27H28ClNO6. The summed E-state index contributed by atoms with van der Waals surface area (Å²) in [5, 5.41) is 13.7. The highest BCUT2D eigenvalue weighted by molar-refractivity contribution is 6.32. The molecule has 0 saturated heterocycles. The van der Waals surface area contributed by atoms with Gasteiger partial charge in [0.05, 0.1) is 31.4 Å². The van der Waals surface area contributed by atoms with Gasteiger partial charge in [-0.05, 0) is 61.6 Å². The average molecular weight is 498 g/mol. The SMILES string of the molecule is CCOc1cc([C@@H]2C(C(=O)OC)=C(C)NC3=C2C(=O)C[C@@H](c2ccc(OC)cc2)C3)cc(Cl)c1O. The molecule has 2 aliphatic rings. The Bertz CT molecular complexity index is 1230. The normalized spacial score (nSPS) is 19.7. The Kier molecular flexibility index (Phi) is 7.08. The van der Waals surface area contributed by atoms with Crippen LogP contribution in [-0.4, -0.2) is 37.7 Å². The molecule has 35 heavy (non-hydrogen) atoms. The van der Waals surface area contributed by atoms with Crippen LogP contribution in [0.25, 0.3) is 0 Å². The molecule has 0 unspecified atom stereocenters. The zero-order valence-electron chi connectivity index (χ0n) is 20.1. The molecule has 1 aliphatic heterocycles. The number of esters is 1. The molecule has 0 aromatic heterocycles. The van der Waals surface area contributed by atoms with Crippen LogP contribution in [0.2, 0.25) is 5.02 Å². The Morgan fingerprint density at radius 1 is 1.14 bits per heavy atom. The summed E-state index contributed by atoms with van der Waals surface area (Å²) in [6.45, 7) is 3.89. The van der Waals surface area contributed by atoms with Gasteiger partial charge >= 0.3 is 5.97 Å². The molecular weight excluding hydrogens is 470 g/mol. The van der Waals surface area contributed by atoms with E-state index in [1.54, 1.807) is 33.1 Å². The molecule has 2 N–H and O–H groups in total. The maximum atomic E-state index is 13.6. The molecule has 0 radical (unpaired) electrons. The number of phenolic OH excluding ortho intramolecular Hbond substituents is 1. The minimum atomic E-state index is -0.708. The molecule has 1 heterocycles. The fourth-order valence-electron chi connectivity index (χ4n) is 4.89. The molecule has 7 nitrogen and oxygen atoms in total. The number of benzene rings is 2. The molecule has 1 aliphatic carbocycles. The van der Waals surface area contributed by atoms with Gasteiger partial charge in [-0.2, -0.15) is 0 Å². The van der Waals surface area contributed by atoms with E-state index in [0.717, 1.165) is 17.0 Å². The number of nitrogens with one attached hydrogen (secondary N) is 1. The maximum Gasteiger partial charge on any atom is 0.336 e. The number of allylic oxidation sites excluding steroid dienone is 3. The number of ether oxygens (including phenoxy) is 3. The van der Waals surface area contributed by atoms with E-state index in [2.05, 4.69) is 5.32 Å². The zero-order chi connectivity index (χ0) is 25.3. The monoisotopic (exact) mass is 497 g/mol. The first-order valence-corrected chi connectivity index (χ1v) is 11.8. The summed E-state index contributed by atoms with van der Waals surface area (Å²) in [4.78, 5) is 26.5. The van der Waals surface area contributed by atoms with Crippen molar-refractivity contribution in [1.29, 1.82) is 0 Å². The van der Waals surface area contributed by atoms with Gasteiger partial charge in [0.25, 0.3) is 0 Å². The number of dihydropyridines is 1. The number of phenols is 1. The molecule has 2 aromatic carbocycles. The number of ketones is 1. The number of halogens is 1. The number of aromatic hydroxyl groups is 1. The van der Waals surface area contributed by atoms with Crippen molar-refractivity contribution in [3.8, 4) is 17.2 Å². The summed E-state index contributed by atoms with van der Waals surface area (Å²) in [6, 6.07) is 10.9. The molecule has 2 atom stereocenters. The number of hydrogen-bond donors (Lipinski definition) is 2. The molecule has 0 fully saturated rings. The predicted molar refractivity (Wildman–Crippen MR) is 132 cm³/mol. The van der Waals surface area contributed by atoms with Crippen molar-refractivity contribution in [3.63, 3.8) is 0 Å². The standard InChI is InChI=1S/C27H28ClNO6/c1-5-35-22-13-17(10-19(28)26(22)31)24-23(27(32)34-4)14(2)29-20-11-16(12-21(30)25(20)24)15-6-8-18(33-3)9-7-15/h6-10,13,16,24,29,31H,5,11-12H2,1-4H3/t16-,24+/m0/s1. The van der Waals surface area contributed by atoms with Crippen LogP contribution in [0.15, 0.2) is 58.9 Å². The molecule has 8 heteroatoms. The highest BCUT2D eigenvalue weighted by Gasteiger charge is 2.41. The van der Waals surface area contributed by atoms with Crippen LogP contribution >= 0.6 is 11.6 Å². The van der Waals surface area contributed by atoms with Gasteiger partial charge in [0.15, 0.2) is 17.3 Å². The molecule has 4 rings (SSSR count). The Morgan fingerprint density at radius 3 is 2.49 bits per heavy atom. The zero-order valence-corrected chi connectivity index (χ0v) is 20.9. The summed E-state index contributed by atoms with van der Waals surface area (Å²) in [6.07, 6.45) is 0.890. The van der Waals surface area contributed by atoms with Crippen molar-refractivity contribution in [3.05, 3.63) is 75.1 Å². The van der Waals surface area contributed by atoms with E-state index in [9.17, 15) is 14.7 Å². The van der Waals surface area contributed by atoms with Gasteiger partial charge in [-0.3, -0.25) is 4.79 Å². The number of hydrogen-bond acceptors (Lipinski definition) is 7. The van der Waals surface area contributed by atoms with E-state index in [0.29, 0.717) is 41.9 Å². The molecule has 0 amide bonds. The minimum absolute atomic E-state index is 0.0184. The lowest BCUT2D eigenvalue weighted by Gasteiger charge is -2.36. The van der Waals surface area contributed by atoms with E-state index in [-0.39, 0.29) is 28.2 Å². The number of carbonyl (C=O) groups excluding carboxylic acids is 2. The Balaban J connectivity index is 1.82. The summed E-state index contributed by atoms with van der Waals surface area (Å²) in [5.74, 6) is -0.579. The summed E-state index contributed by atoms with van der Waals surface area (Å²) in [5.41, 5.74) is 3.80. The van der Waals surface area contributed by atoms with Crippen LogP contribution in [0.4, 0.5) is 0 Å². The largest absolute Gasteiger partial charge is 0.503 e. The highest BCUT2D eigenvalue weighted by atomic mass is 35.5. The fourth-order valence-corrected chi connectivity index (χ4v) is 5.11. The Labute approximate surface area is 209 Å². The Morgan fingerprint density at radius 2 is 1.86 bits per heavy atom. The third kappa shape index (κ3) is 4.60. The minimum Gasteiger partial charge on any atom is -0.503 e. The topological polar surface area (TPSA) is 94.1 Å². The van der Waals surface area contributed by atoms with Crippen LogP contribution in [0, 0.1) is 0 Å². The molecule has 0 saturated carbocycles. The highest BCUT2D eigenvalue weighted by Crippen LogP contribution is 2.48. The van der Waals surface area contributed by atoms with Crippen molar-refractivity contribution in [2.75, 3.05) is 20.8 Å². The van der Waals surface area contributed by atoms with Crippen LogP contribution in [-0.2, 0) is 14.3 Å². The van der Waals surface area contributed by atoms with Crippen LogP contribution in [0.3, 0.4) is 0 Å². The van der Waals surface area contributed by atoms with Gasteiger partial charge in [-0.1, -0.05) is 23.7 Å². The van der Waals surface area contributed by atoms with Crippen LogP contribution in [0.1, 0.15) is 49.7 Å². The van der Waals surface area contributed by atoms with Gasteiger partial charge in [0.1, 0.15) is 5.75 Å². The Hall–Kier alpha value is -3.45. The van der Waals surface area contributed by atoms with Gasteiger partial charge in [-0.25, -0.2) is 4.79 Å². The average Bonchev–Trinajstić information content (AvgIpc) is 2.85. The van der Waals surface area contributed by atoms with Crippen molar-refractivity contribution < 1.29 is 28.9 Å². The van der Waals surface area contributed by atoms with Crippen LogP contribution in [0.5, 0.6) is 17.2 Å². The van der Waals surface area contributed by atoms with E-state index >= 15 is 0 Å². The second-order valence-electron chi connectivity index (χ2n) is 8.56. The molecule has 184 valence electrons. The third-order valence-corrected chi connectivity index (χ3v) is 6.79. The van der Waals surface area contributed by atoms with Gasteiger partial charge in [0, 0.05) is 29.3 Å². The first-order valence-electron chi connectivity index (χ1n) is 11.4. The van der Waals surface area contributed by atoms with Crippen molar-refractivity contribution in [2.45, 2.75) is 38.5 Å². The first kappa shape index (κ1) is 24.7. The lowest BCUT2D eigenvalue weighted by atomic mass is 9.71. The van der Waals surface area contributed by atoms with Gasteiger partial charge < -0.3 is 24.6 Å². The van der Waals surface area contributed by atoms with Crippen molar-refractivity contribution in [1.82, 2.24) is 5.32 Å². The smallest absolute Gasteiger partial charge is 0.336 e. The van der Waals surface area contributed by atoms with Crippen molar-refractivity contribution in [2.24, 2.45) is 0 Å². The van der Waals surface area contributed by atoms with Crippen LogP contribution < -0.4 is 14.8 Å². The van der Waals surface area contributed by atoms with E-state index < -0.39 is 11.9 Å². The quantitative estimate of drug-likeness (QED) is 0.543. The molecule has 0 bridgehead atoms. The van der Waals surface area contributed by atoms with Gasteiger partial charge in [0.2, 0.25) is 0 Å². The summed E-state index contributed by atoms with van der Waals surface area (Å²) >= 11 is 6.32. The number of Topliss-reactive ketones (excluding diaryl/α,β-unsaturated/α-hetero) is 1. The predicted octanol–water partition coefficient (Wildman–Crippen LogP) is 4.99. The van der Waals surface area contributed by atoms with Crippen molar-refractivity contribution >= 4 is 23.4 Å².